The van der Waals surface area contributed by atoms with Crippen molar-refractivity contribution in [1.82, 2.24) is 0 Å². The second-order valence-electron chi connectivity index (χ2n) is 4.03. The number of halogens is 2. The van der Waals surface area contributed by atoms with Crippen LogP contribution in [0, 0.1) is 3.57 Å². The average molecular weight is 403 g/mol. The molecule has 0 aliphatic rings. The number of carbonyl (C=O) groups is 1. The number of nitrogens with one attached hydrogen (secondary N) is 1. The number of anilines is 2. The monoisotopic (exact) mass is 402 g/mol. The molecular weight excluding hydrogens is 391 g/mol. The van der Waals surface area contributed by atoms with E-state index in [9.17, 15) is 4.79 Å². The van der Waals surface area contributed by atoms with Crippen molar-refractivity contribution in [2.45, 2.75) is 0 Å². The molecule has 2 aromatic carbocycles. The van der Waals surface area contributed by atoms with E-state index < -0.39 is 0 Å². The molecule has 104 valence electrons. The predicted octanol–water partition coefficient (Wildman–Crippen LogP) is 3.79. The molecule has 0 unspecified atom stereocenters. The number of methoxy groups -OCH3 is 1. The summed E-state index contributed by atoms with van der Waals surface area (Å²) in [7, 11) is 1.55. The fourth-order valence-electron chi connectivity index (χ4n) is 1.66. The molecular formula is C14H12ClIN2O2. The largest absolute Gasteiger partial charge is 0.497 e. The number of amides is 1. The van der Waals surface area contributed by atoms with Crippen molar-refractivity contribution in [3.8, 4) is 5.75 Å². The fourth-order valence-corrected chi connectivity index (χ4v) is 2.66. The number of hydrogen-bond donors (Lipinski definition) is 2. The average Bonchev–Trinajstić information content (AvgIpc) is 2.41. The third-order valence-corrected chi connectivity index (χ3v) is 3.81. The molecule has 2 rings (SSSR count). The van der Waals surface area contributed by atoms with Crippen molar-refractivity contribution in [2.75, 3.05) is 18.2 Å². The number of carbonyl (C=O) groups excluding carboxylic acids is 1. The van der Waals surface area contributed by atoms with Crippen LogP contribution in [-0.4, -0.2) is 13.0 Å². The zero-order chi connectivity index (χ0) is 14.7. The summed E-state index contributed by atoms with van der Waals surface area (Å²) in [6.45, 7) is 0. The molecule has 2 aromatic rings. The lowest BCUT2D eigenvalue weighted by molar-refractivity contribution is 0.102. The molecule has 4 nitrogen and oxygen atoms in total. The summed E-state index contributed by atoms with van der Waals surface area (Å²) in [6, 6.07) is 10.2. The van der Waals surface area contributed by atoms with Crippen molar-refractivity contribution in [2.24, 2.45) is 0 Å². The first kappa shape index (κ1) is 14.9. The van der Waals surface area contributed by atoms with Gasteiger partial charge in [-0.25, -0.2) is 0 Å². The van der Waals surface area contributed by atoms with Gasteiger partial charge in [0.1, 0.15) is 5.75 Å². The van der Waals surface area contributed by atoms with Gasteiger partial charge >= 0.3 is 0 Å². The maximum absolute atomic E-state index is 12.2. The molecule has 0 radical (unpaired) electrons. The highest BCUT2D eigenvalue weighted by atomic mass is 127. The topological polar surface area (TPSA) is 64.3 Å². The van der Waals surface area contributed by atoms with Gasteiger partial charge in [0.05, 0.1) is 18.4 Å². The molecule has 20 heavy (non-hydrogen) atoms. The van der Waals surface area contributed by atoms with Crippen LogP contribution in [0.15, 0.2) is 36.4 Å². The van der Waals surface area contributed by atoms with Crippen LogP contribution in [0.4, 0.5) is 11.4 Å². The SMILES string of the molecule is COc1ccc(C(=O)Nc2ccc(Cl)cc2I)c(N)c1. The van der Waals surface area contributed by atoms with Crippen molar-refractivity contribution in [3.05, 3.63) is 50.6 Å². The van der Waals surface area contributed by atoms with Gasteiger partial charge < -0.3 is 15.8 Å². The van der Waals surface area contributed by atoms with E-state index in [4.69, 9.17) is 22.1 Å². The fraction of sp³-hybridized carbons (Fsp3) is 0.0714. The lowest BCUT2D eigenvalue weighted by atomic mass is 10.1. The standard InChI is InChI=1S/C14H12ClIN2O2/c1-20-9-3-4-10(12(17)7-9)14(19)18-13-5-2-8(15)6-11(13)16/h2-7H,17H2,1H3,(H,18,19). The molecule has 1 amide bonds. The van der Waals surface area contributed by atoms with Crippen LogP contribution in [0.1, 0.15) is 10.4 Å². The third-order valence-electron chi connectivity index (χ3n) is 2.68. The zero-order valence-corrected chi connectivity index (χ0v) is 13.5. The molecule has 0 aliphatic heterocycles. The van der Waals surface area contributed by atoms with Gasteiger partial charge in [-0.1, -0.05) is 11.6 Å². The Morgan fingerprint density at radius 1 is 1.30 bits per heavy atom. The summed E-state index contributed by atoms with van der Waals surface area (Å²) >= 11 is 7.99. The van der Waals surface area contributed by atoms with Gasteiger partial charge in [-0.2, -0.15) is 0 Å². The third kappa shape index (κ3) is 3.34. The molecule has 0 heterocycles. The van der Waals surface area contributed by atoms with E-state index in [0.29, 0.717) is 27.7 Å². The molecule has 0 atom stereocenters. The Kier molecular flexibility index (Phi) is 4.72. The predicted molar refractivity (Wildman–Crippen MR) is 89.5 cm³/mol. The summed E-state index contributed by atoms with van der Waals surface area (Å²) in [5.41, 5.74) is 7.31. The van der Waals surface area contributed by atoms with E-state index >= 15 is 0 Å². The summed E-state index contributed by atoms with van der Waals surface area (Å²) < 4.78 is 5.91. The van der Waals surface area contributed by atoms with Crippen molar-refractivity contribution >= 4 is 51.5 Å². The molecule has 0 aromatic heterocycles. The van der Waals surface area contributed by atoms with E-state index in [-0.39, 0.29) is 5.91 Å². The maximum atomic E-state index is 12.2. The Balaban J connectivity index is 2.24. The van der Waals surface area contributed by atoms with Crippen molar-refractivity contribution < 1.29 is 9.53 Å². The number of rotatable bonds is 3. The number of benzene rings is 2. The maximum Gasteiger partial charge on any atom is 0.257 e. The number of nitrogen functional groups attached to an aromatic ring is 1. The van der Waals surface area contributed by atoms with Crippen LogP contribution in [0.25, 0.3) is 0 Å². The summed E-state index contributed by atoms with van der Waals surface area (Å²) in [4.78, 5) is 12.2. The quantitative estimate of drug-likeness (QED) is 0.606. The summed E-state index contributed by atoms with van der Waals surface area (Å²) in [6.07, 6.45) is 0. The Hall–Kier alpha value is -1.47. The van der Waals surface area contributed by atoms with Crippen LogP contribution in [0.5, 0.6) is 5.75 Å². The highest BCUT2D eigenvalue weighted by Crippen LogP contribution is 2.25. The Morgan fingerprint density at radius 3 is 2.65 bits per heavy atom. The molecule has 0 saturated heterocycles. The molecule has 0 spiro atoms. The van der Waals surface area contributed by atoms with Crippen LogP contribution in [-0.2, 0) is 0 Å². The molecule has 0 fully saturated rings. The Morgan fingerprint density at radius 2 is 2.05 bits per heavy atom. The van der Waals surface area contributed by atoms with E-state index in [0.717, 1.165) is 3.57 Å². The molecule has 0 aliphatic carbocycles. The summed E-state index contributed by atoms with van der Waals surface area (Å²) in [5, 5.41) is 3.43. The van der Waals surface area contributed by atoms with Crippen LogP contribution >= 0.6 is 34.2 Å². The Bertz CT molecular complexity index is 662. The minimum absolute atomic E-state index is 0.273. The van der Waals surface area contributed by atoms with Gasteiger partial charge in [-0.05, 0) is 52.9 Å². The first-order chi connectivity index (χ1) is 9.51. The van der Waals surface area contributed by atoms with Crippen molar-refractivity contribution in [3.63, 3.8) is 0 Å². The first-order valence-corrected chi connectivity index (χ1v) is 7.17. The van der Waals surface area contributed by atoms with Crippen LogP contribution < -0.4 is 15.8 Å². The van der Waals surface area contributed by atoms with Gasteiger partial charge in [0.25, 0.3) is 5.91 Å². The molecule has 6 heteroatoms. The van der Waals surface area contributed by atoms with Gasteiger partial charge in [0, 0.05) is 20.3 Å². The number of nitrogens with two attached hydrogens (primary N) is 1. The van der Waals surface area contributed by atoms with Crippen LogP contribution in [0.2, 0.25) is 5.02 Å². The Labute approximate surface area is 135 Å². The summed E-state index contributed by atoms with van der Waals surface area (Å²) in [5.74, 6) is 0.338. The lowest BCUT2D eigenvalue weighted by Crippen LogP contribution is -2.14. The lowest BCUT2D eigenvalue weighted by Gasteiger charge is -2.10. The van der Waals surface area contributed by atoms with E-state index in [1.54, 1.807) is 43.5 Å². The zero-order valence-electron chi connectivity index (χ0n) is 10.6. The second-order valence-corrected chi connectivity index (χ2v) is 5.63. The minimum Gasteiger partial charge on any atom is -0.497 e. The molecule has 0 saturated carbocycles. The van der Waals surface area contributed by atoms with Gasteiger partial charge in [0.15, 0.2) is 0 Å². The minimum atomic E-state index is -0.273. The highest BCUT2D eigenvalue weighted by molar-refractivity contribution is 14.1. The van der Waals surface area contributed by atoms with Crippen molar-refractivity contribution in [1.29, 1.82) is 0 Å². The van der Waals surface area contributed by atoms with Gasteiger partial charge in [-0.3, -0.25) is 4.79 Å². The second kappa shape index (κ2) is 6.32. The van der Waals surface area contributed by atoms with E-state index in [1.807, 2.05) is 0 Å². The number of ether oxygens (including phenoxy) is 1. The van der Waals surface area contributed by atoms with Crippen LogP contribution in [0.3, 0.4) is 0 Å². The number of hydrogen-bond acceptors (Lipinski definition) is 3. The normalized spacial score (nSPS) is 10.2. The first-order valence-electron chi connectivity index (χ1n) is 5.71. The highest BCUT2D eigenvalue weighted by Gasteiger charge is 2.12. The molecule has 0 bridgehead atoms. The van der Waals surface area contributed by atoms with E-state index in [2.05, 4.69) is 27.9 Å². The van der Waals surface area contributed by atoms with Gasteiger partial charge in [0.2, 0.25) is 0 Å². The van der Waals surface area contributed by atoms with Gasteiger partial charge in [-0.15, -0.1) is 0 Å². The smallest absolute Gasteiger partial charge is 0.257 e. The molecule has 3 N–H and O–H groups in total. The van der Waals surface area contributed by atoms with E-state index in [1.165, 1.54) is 0 Å².